The van der Waals surface area contributed by atoms with E-state index >= 15 is 0 Å². The van der Waals surface area contributed by atoms with E-state index in [0.717, 1.165) is 5.56 Å². The van der Waals surface area contributed by atoms with Gasteiger partial charge in [-0.15, -0.1) is 0 Å². The highest BCUT2D eigenvalue weighted by atomic mass is 16.5. The third kappa shape index (κ3) is 4.79. The Hall–Kier alpha value is -2.41. The van der Waals surface area contributed by atoms with Crippen LogP contribution in [-0.2, 0) is 19.1 Å². The third-order valence-corrected chi connectivity index (χ3v) is 4.51. The minimum atomic E-state index is -0.815. The van der Waals surface area contributed by atoms with Gasteiger partial charge in [-0.3, -0.25) is 14.4 Å². The zero-order chi connectivity index (χ0) is 18.4. The lowest BCUT2D eigenvalue weighted by Crippen LogP contribution is -2.46. The first-order valence-corrected chi connectivity index (χ1v) is 8.27. The monoisotopic (exact) mass is 348 g/mol. The molecule has 0 saturated carbocycles. The predicted octanol–water partition coefficient (Wildman–Crippen LogP) is 1.16. The molecule has 7 nitrogen and oxygen atoms in total. The van der Waals surface area contributed by atoms with Crippen LogP contribution < -0.4 is 0 Å². The maximum Gasteiger partial charge on any atom is 0.306 e. The average molecular weight is 348 g/mol. The Morgan fingerprint density at radius 1 is 1.24 bits per heavy atom. The van der Waals surface area contributed by atoms with Gasteiger partial charge in [-0.25, -0.2) is 0 Å². The fourth-order valence-electron chi connectivity index (χ4n) is 2.96. The normalized spacial score (nSPS) is 16.3. The van der Waals surface area contributed by atoms with Gasteiger partial charge in [-0.1, -0.05) is 30.3 Å². The van der Waals surface area contributed by atoms with Crippen molar-refractivity contribution in [2.24, 2.45) is 5.92 Å². The topological polar surface area (TPSA) is 87.2 Å². The Bertz CT molecular complexity index is 611. The van der Waals surface area contributed by atoms with Crippen LogP contribution in [0, 0.1) is 5.92 Å². The summed E-state index contributed by atoms with van der Waals surface area (Å²) in [5.41, 5.74) is 0.733. The second-order valence-corrected chi connectivity index (χ2v) is 6.21. The Kier molecular flexibility index (Phi) is 6.52. The van der Waals surface area contributed by atoms with Gasteiger partial charge in [0.2, 0.25) is 5.91 Å². The van der Waals surface area contributed by atoms with Crippen molar-refractivity contribution in [3.8, 4) is 0 Å². The SMILES string of the molecule is CO[C@@H](C(=O)N(C)CC(=O)N1CCC(C(=O)O)CC1)c1ccccc1. The summed E-state index contributed by atoms with van der Waals surface area (Å²) in [4.78, 5) is 38.9. The molecule has 0 bridgehead atoms. The predicted molar refractivity (Wildman–Crippen MR) is 90.8 cm³/mol. The number of benzene rings is 1. The van der Waals surface area contributed by atoms with Crippen molar-refractivity contribution in [2.45, 2.75) is 18.9 Å². The summed E-state index contributed by atoms with van der Waals surface area (Å²) in [7, 11) is 3.03. The number of nitrogens with zero attached hydrogens (tertiary/aromatic N) is 2. The van der Waals surface area contributed by atoms with E-state index in [0.29, 0.717) is 25.9 Å². The van der Waals surface area contributed by atoms with E-state index in [4.69, 9.17) is 9.84 Å². The van der Waals surface area contributed by atoms with Gasteiger partial charge in [0.1, 0.15) is 0 Å². The van der Waals surface area contributed by atoms with Crippen LogP contribution >= 0.6 is 0 Å². The van der Waals surface area contributed by atoms with Gasteiger partial charge >= 0.3 is 5.97 Å². The molecule has 1 N–H and O–H groups in total. The number of piperidine rings is 1. The molecule has 2 amide bonds. The highest BCUT2D eigenvalue weighted by molar-refractivity contribution is 5.87. The molecule has 25 heavy (non-hydrogen) atoms. The van der Waals surface area contributed by atoms with Crippen molar-refractivity contribution in [3.05, 3.63) is 35.9 Å². The third-order valence-electron chi connectivity index (χ3n) is 4.51. The number of hydrogen-bond donors (Lipinski definition) is 1. The first kappa shape index (κ1) is 18.9. The second kappa shape index (κ2) is 8.62. The van der Waals surface area contributed by atoms with Crippen LogP contribution in [0.15, 0.2) is 30.3 Å². The molecule has 1 fully saturated rings. The number of carbonyl (C=O) groups excluding carboxylic acids is 2. The number of carboxylic acid groups (broad SMARTS) is 1. The van der Waals surface area contributed by atoms with E-state index in [-0.39, 0.29) is 24.3 Å². The van der Waals surface area contributed by atoms with Crippen molar-refractivity contribution in [3.63, 3.8) is 0 Å². The number of carboxylic acids is 1. The van der Waals surface area contributed by atoms with Gasteiger partial charge in [0.25, 0.3) is 5.91 Å². The fourth-order valence-corrected chi connectivity index (χ4v) is 2.96. The van der Waals surface area contributed by atoms with Crippen LogP contribution in [0.3, 0.4) is 0 Å². The molecule has 1 aromatic rings. The van der Waals surface area contributed by atoms with E-state index in [2.05, 4.69) is 0 Å². The highest BCUT2D eigenvalue weighted by Gasteiger charge is 2.29. The van der Waals surface area contributed by atoms with Crippen molar-refractivity contribution < 1.29 is 24.2 Å². The van der Waals surface area contributed by atoms with Gasteiger partial charge in [0.15, 0.2) is 6.10 Å². The molecule has 1 saturated heterocycles. The van der Waals surface area contributed by atoms with Crippen LogP contribution in [0.25, 0.3) is 0 Å². The van der Waals surface area contributed by atoms with Crippen LogP contribution in [-0.4, -0.2) is 66.5 Å². The molecule has 2 rings (SSSR count). The van der Waals surface area contributed by atoms with Crippen LogP contribution in [0.2, 0.25) is 0 Å². The van der Waals surface area contributed by atoms with Gasteiger partial charge < -0.3 is 19.6 Å². The lowest BCUT2D eigenvalue weighted by Gasteiger charge is -2.32. The number of methoxy groups -OCH3 is 1. The molecule has 1 aliphatic heterocycles. The molecule has 1 atom stereocenters. The Morgan fingerprint density at radius 2 is 1.84 bits per heavy atom. The van der Waals surface area contributed by atoms with E-state index in [9.17, 15) is 14.4 Å². The van der Waals surface area contributed by atoms with Gasteiger partial charge in [0.05, 0.1) is 12.5 Å². The van der Waals surface area contributed by atoms with Crippen molar-refractivity contribution >= 4 is 17.8 Å². The number of ether oxygens (including phenoxy) is 1. The first-order valence-electron chi connectivity index (χ1n) is 8.27. The standard InChI is InChI=1S/C18H24N2O5/c1-19(17(22)16(25-2)13-6-4-3-5-7-13)12-15(21)20-10-8-14(9-11-20)18(23)24/h3-7,14,16H,8-12H2,1-2H3,(H,23,24)/t16-/m1/s1. The molecule has 0 aliphatic carbocycles. The molecule has 0 spiro atoms. The maximum absolute atomic E-state index is 12.6. The number of aliphatic carboxylic acids is 1. The smallest absolute Gasteiger partial charge is 0.306 e. The van der Waals surface area contributed by atoms with Gasteiger partial charge in [-0.05, 0) is 18.4 Å². The van der Waals surface area contributed by atoms with Gasteiger partial charge in [0, 0.05) is 27.2 Å². The first-order chi connectivity index (χ1) is 11.9. The lowest BCUT2D eigenvalue weighted by atomic mass is 9.97. The molecular weight excluding hydrogens is 324 g/mol. The highest BCUT2D eigenvalue weighted by Crippen LogP contribution is 2.20. The van der Waals surface area contributed by atoms with Gasteiger partial charge in [-0.2, -0.15) is 0 Å². The molecule has 0 aromatic heterocycles. The van der Waals surface area contributed by atoms with E-state index in [1.807, 2.05) is 18.2 Å². The molecular formula is C18H24N2O5. The molecule has 0 unspecified atom stereocenters. The Balaban J connectivity index is 1.92. The van der Waals surface area contributed by atoms with Crippen LogP contribution in [0.4, 0.5) is 0 Å². The molecule has 1 heterocycles. The summed E-state index contributed by atoms with van der Waals surface area (Å²) in [5.74, 6) is -1.67. The van der Waals surface area contributed by atoms with E-state index in [1.165, 1.54) is 12.0 Å². The zero-order valence-corrected chi connectivity index (χ0v) is 14.6. The number of carbonyl (C=O) groups is 3. The van der Waals surface area contributed by atoms with E-state index < -0.39 is 12.1 Å². The zero-order valence-electron chi connectivity index (χ0n) is 14.6. The van der Waals surface area contributed by atoms with Crippen molar-refractivity contribution in [1.82, 2.24) is 9.80 Å². The summed E-state index contributed by atoms with van der Waals surface area (Å²) < 4.78 is 5.31. The number of likely N-dealkylation sites (N-methyl/N-ethyl adjacent to an activating group) is 1. The molecule has 1 aromatic carbocycles. The van der Waals surface area contributed by atoms with Crippen molar-refractivity contribution in [2.75, 3.05) is 33.8 Å². The lowest BCUT2D eigenvalue weighted by molar-refractivity contribution is -0.148. The largest absolute Gasteiger partial charge is 0.481 e. The molecule has 1 aliphatic rings. The fraction of sp³-hybridized carbons (Fsp3) is 0.500. The summed E-state index contributed by atoms with van der Waals surface area (Å²) in [5, 5.41) is 9.01. The van der Waals surface area contributed by atoms with E-state index in [1.54, 1.807) is 24.1 Å². The minimum absolute atomic E-state index is 0.0523. The number of hydrogen-bond acceptors (Lipinski definition) is 4. The summed E-state index contributed by atoms with van der Waals surface area (Å²) in [6.07, 6.45) is 0.143. The average Bonchev–Trinajstić information content (AvgIpc) is 2.63. The molecule has 0 radical (unpaired) electrons. The maximum atomic E-state index is 12.6. The Labute approximate surface area is 147 Å². The molecule has 7 heteroatoms. The van der Waals surface area contributed by atoms with Crippen molar-refractivity contribution in [1.29, 1.82) is 0 Å². The van der Waals surface area contributed by atoms with Crippen LogP contribution in [0.1, 0.15) is 24.5 Å². The second-order valence-electron chi connectivity index (χ2n) is 6.21. The summed E-state index contributed by atoms with van der Waals surface area (Å²) in [6.45, 7) is 0.762. The van der Waals surface area contributed by atoms with Crippen LogP contribution in [0.5, 0.6) is 0 Å². The number of likely N-dealkylation sites (tertiary alicyclic amines) is 1. The number of amides is 2. The number of rotatable bonds is 6. The Morgan fingerprint density at radius 3 is 2.36 bits per heavy atom. The summed E-state index contributed by atoms with van der Waals surface area (Å²) in [6, 6.07) is 9.12. The minimum Gasteiger partial charge on any atom is -0.481 e. The summed E-state index contributed by atoms with van der Waals surface area (Å²) >= 11 is 0. The molecule has 136 valence electrons. The quantitative estimate of drug-likeness (QED) is 0.833.